The molecule has 1 aromatic carbocycles. The minimum atomic E-state index is -0.148. The van der Waals surface area contributed by atoms with E-state index in [1.165, 1.54) is 0 Å². The van der Waals surface area contributed by atoms with E-state index in [1.807, 2.05) is 45.0 Å². The molecule has 4 heteroatoms. The summed E-state index contributed by atoms with van der Waals surface area (Å²) in [6.45, 7) is 6.09. The highest BCUT2D eigenvalue weighted by Gasteiger charge is 2.23. The quantitative estimate of drug-likeness (QED) is 0.901. The zero-order valence-electron chi connectivity index (χ0n) is 10.5. The van der Waals surface area contributed by atoms with Crippen molar-refractivity contribution in [2.24, 2.45) is 11.1 Å². The van der Waals surface area contributed by atoms with Crippen LogP contribution in [0.3, 0.4) is 0 Å². The number of carbonyl (C=O) groups is 1. The van der Waals surface area contributed by atoms with Gasteiger partial charge in [-0.15, -0.1) is 0 Å². The van der Waals surface area contributed by atoms with E-state index in [4.69, 9.17) is 5.73 Å². The predicted octanol–water partition coefficient (Wildman–Crippen LogP) is 3.15. The number of nitrogens with two attached hydrogens (primary N) is 1. The lowest BCUT2D eigenvalue weighted by Crippen LogP contribution is -2.38. The Morgan fingerprint density at radius 1 is 1.41 bits per heavy atom. The first-order chi connectivity index (χ1) is 7.80. The van der Waals surface area contributed by atoms with Gasteiger partial charge in [0.15, 0.2) is 0 Å². The maximum atomic E-state index is 11.8. The highest BCUT2D eigenvalue weighted by Crippen LogP contribution is 2.23. The van der Waals surface area contributed by atoms with Gasteiger partial charge in [-0.2, -0.15) is 0 Å². The monoisotopic (exact) mass is 298 g/mol. The number of anilines is 1. The van der Waals surface area contributed by atoms with Gasteiger partial charge in [-0.1, -0.05) is 32.9 Å². The molecule has 3 nitrogen and oxygen atoms in total. The first-order valence-corrected chi connectivity index (χ1v) is 6.40. The number of carbonyl (C=O) groups excluding carboxylic acids is 1. The van der Waals surface area contributed by atoms with Gasteiger partial charge in [0.25, 0.3) is 0 Å². The Morgan fingerprint density at radius 3 is 2.53 bits per heavy atom. The number of hydrogen-bond donors (Lipinski definition) is 2. The summed E-state index contributed by atoms with van der Waals surface area (Å²) >= 11 is 3.38. The molecule has 0 aliphatic heterocycles. The molecular weight excluding hydrogens is 280 g/mol. The zero-order valence-corrected chi connectivity index (χ0v) is 12.0. The van der Waals surface area contributed by atoms with Crippen LogP contribution in [0.15, 0.2) is 28.7 Å². The van der Waals surface area contributed by atoms with Gasteiger partial charge in [0.2, 0.25) is 5.91 Å². The van der Waals surface area contributed by atoms with Crippen LogP contribution in [0.1, 0.15) is 27.2 Å². The molecule has 1 amide bonds. The average Bonchev–Trinajstić information content (AvgIpc) is 2.20. The number of rotatable bonds is 3. The average molecular weight is 299 g/mol. The number of benzene rings is 1. The van der Waals surface area contributed by atoms with Crippen molar-refractivity contribution in [2.75, 3.05) is 5.32 Å². The third kappa shape index (κ3) is 4.48. The Balaban J connectivity index is 2.60. The molecule has 0 bridgehead atoms. The molecule has 0 aromatic heterocycles. The van der Waals surface area contributed by atoms with Crippen molar-refractivity contribution in [1.29, 1.82) is 0 Å². The van der Waals surface area contributed by atoms with Crippen molar-refractivity contribution in [2.45, 2.75) is 33.2 Å². The summed E-state index contributed by atoms with van der Waals surface area (Å²) < 4.78 is 0.873. The molecule has 0 fully saturated rings. The van der Waals surface area contributed by atoms with Gasteiger partial charge in [-0.05, 0) is 33.5 Å². The molecule has 0 heterocycles. The summed E-state index contributed by atoms with van der Waals surface area (Å²) in [7, 11) is 0. The van der Waals surface area contributed by atoms with Crippen LogP contribution in [0.5, 0.6) is 0 Å². The van der Waals surface area contributed by atoms with Crippen molar-refractivity contribution >= 4 is 27.5 Å². The molecule has 0 saturated carbocycles. The van der Waals surface area contributed by atoms with Crippen molar-refractivity contribution in [3.63, 3.8) is 0 Å². The fraction of sp³-hybridized carbons (Fsp3) is 0.462. The SMILES string of the molecule is CC(C)(C)C(N)CC(=O)Nc1ccccc1Br. The Labute approximate surface area is 111 Å². The summed E-state index contributed by atoms with van der Waals surface area (Å²) in [5.41, 5.74) is 6.68. The summed E-state index contributed by atoms with van der Waals surface area (Å²) in [6.07, 6.45) is 0.324. The number of hydrogen-bond acceptors (Lipinski definition) is 2. The number of nitrogens with one attached hydrogen (secondary N) is 1. The van der Waals surface area contributed by atoms with Crippen LogP contribution in [0.25, 0.3) is 0 Å². The molecule has 0 aliphatic rings. The number of halogens is 1. The number of para-hydroxylation sites is 1. The molecule has 0 spiro atoms. The van der Waals surface area contributed by atoms with Gasteiger partial charge in [0.05, 0.1) is 5.69 Å². The van der Waals surface area contributed by atoms with Gasteiger partial charge in [0.1, 0.15) is 0 Å². The lowest BCUT2D eigenvalue weighted by Gasteiger charge is -2.26. The lowest BCUT2D eigenvalue weighted by atomic mass is 9.85. The molecule has 1 rings (SSSR count). The van der Waals surface area contributed by atoms with E-state index in [-0.39, 0.29) is 17.4 Å². The second kappa shape index (κ2) is 5.65. The van der Waals surface area contributed by atoms with E-state index in [1.54, 1.807) is 0 Å². The molecule has 0 radical (unpaired) electrons. The van der Waals surface area contributed by atoms with Gasteiger partial charge in [-0.25, -0.2) is 0 Å². The van der Waals surface area contributed by atoms with Crippen LogP contribution in [-0.4, -0.2) is 11.9 Å². The van der Waals surface area contributed by atoms with E-state index >= 15 is 0 Å². The Hall–Kier alpha value is -0.870. The molecule has 17 heavy (non-hydrogen) atoms. The Morgan fingerprint density at radius 2 is 2.00 bits per heavy atom. The zero-order chi connectivity index (χ0) is 13.1. The lowest BCUT2D eigenvalue weighted by molar-refractivity contribution is -0.117. The standard InChI is InChI=1S/C13H19BrN2O/c1-13(2,3)11(15)8-12(17)16-10-7-5-4-6-9(10)14/h4-7,11H,8,15H2,1-3H3,(H,16,17). The second-order valence-electron chi connectivity index (χ2n) is 5.20. The molecule has 3 N–H and O–H groups in total. The van der Waals surface area contributed by atoms with Crippen molar-refractivity contribution < 1.29 is 4.79 Å². The smallest absolute Gasteiger partial charge is 0.225 e. The van der Waals surface area contributed by atoms with Gasteiger partial charge in [0, 0.05) is 16.9 Å². The third-order valence-electron chi connectivity index (χ3n) is 2.67. The fourth-order valence-electron chi connectivity index (χ4n) is 1.27. The van der Waals surface area contributed by atoms with Crippen LogP contribution in [-0.2, 0) is 4.79 Å². The molecule has 94 valence electrons. The van der Waals surface area contributed by atoms with Gasteiger partial charge in [-0.3, -0.25) is 4.79 Å². The van der Waals surface area contributed by atoms with Gasteiger partial charge >= 0.3 is 0 Å². The van der Waals surface area contributed by atoms with Crippen LogP contribution in [0.4, 0.5) is 5.69 Å². The molecular formula is C13H19BrN2O. The maximum absolute atomic E-state index is 11.8. The minimum Gasteiger partial charge on any atom is -0.327 e. The fourth-order valence-corrected chi connectivity index (χ4v) is 1.65. The first kappa shape index (κ1) is 14.2. The van der Waals surface area contributed by atoms with Crippen molar-refractivity contribution in [1.82, 2.24) is 0 Å². The minimum absolute atomic E-state index is 0.0562. The summed E-state index contributed by atoms with van der Waals surface area (Å²) in [5, 5.41) is 2.85. The van der Waals surface area contributed by atoms with Crippen LogP contribution in [0, 0.1) is 5.41 Å². The van der Waals surface area contributed by atoms with Gasteiger partial charge < -0.3 is 11.1 Å². The van der Waals surface area contributed by atoms with E-state index in [9.17, 15) is 4.79 Å². The molecule has 0 saturated heterocycles. The largest absolute Gasteiger partial charge is 0.327 e. The highest BCUT2D eigenvalue weighted by atomic mass is 79.9. The maximum Gasteiger partial charge on any atom is 0.225 e. The molecule has 1 atom stereocenters. The highest BCUT2D eigenvalue weighted by molar-refractivity contribution is 9.10. The Bertz CT molecular complexity index is 399. The Kier molecular flexibility index (Phi) is 4.71. The molecule has 1 aromatic rings. The topological polar surface area (TPSA) is 55.1 Å². The van der Waals surface area contributed by atoms with Crippen LogP contribution < -0.4 is 11.1 Å². The van der Waals surface area contributed by atoms with E-state index in [0.717, 1.165) is 10.2 Å². The van der Waals surface area contributed by atoms with E-state index in [0.29, 0.717) is 6.42 Å². The number of amides is 1. The van der Waals surface area contributed by atoms with Crippen LogP contribution >= 0.6 is 15.9 Å². The van der Waals surface area contributed by atoms with Crippen molar-refractivity contribution in [3.05, 3.63) is 28.7 Å². The summed E-state index contributed by atoms with van der Waals surface area (Å²) in [6, 6.07) is 7.37. The van der Waals surface area contributed by atoms with E-state index in [2.05, 4.69) is 21.2 Å². The van der Waals surface area contributed by atoms with Crippen LogP contribution in [0.2, 0.25) is 0 Å². The summed E-state index contributed by atoms with van der Waals surface area (Å²) in [5.74, 6) is -0.0562. The normalized spacial score (nSPS) is 13.2. The first-order valence-electron chi connectivity index (χ1n) is 5.60. The summed E-state index contributed by atoms with van der Waals surface area (Å²) in [4.78, 5) is 11.8. The van der Waals surface area contributed by atoms with Crippen molar-refractivity contribution in [3.8, 4) is 0 Å². The predicted molar refractivity (Wildman–Crippen MR) is 74.8 cm³/mol. The van der Waals surface area contributed by atoms with E-state index < -0.39 is 0 Å². The molecule has 0 aliphatic carbocycles. The second-order valence-corrected chi connectivity index (χ2v) is 6.06. The molecule has 1 unspecified atom stereocenters. The third-order valence-corrected chi connectivity index (χ3v) is 3.36.